The summed E-state index contributed by atoms with van der Waals surface area (Å²) in [6, 6.07) is 24.4. The van der Waals surface area contributed by atoms with Gasteiger partial charge in [0.05, 0.1) is 12.9 Å². The molecule has 3 aromatic carbocycles. The number of thioether (sulfide) groups is 1. The molecule has 1 N–H and O–H groups in total. The molecule has 0 radical (unpaired) electrons. The van der Waals surface area contributed by atoms with Gasteiger partial charge in [0.15, 0.2) is 0 Å². The fourth-order valence-electron chi connectivity index (χ4n) is 3.74. The van der Waals surface area contributed by atoms with Gasteiger partial charge in [0.2, 0.25) is 11.8 Å². The summed E-state index contributed by atoms with van der Waals surface area (Å²) in [5.74, 6) is 1.50. The molecule has 0 saturated heterocycles. The number of nitrogens with zero attached hydrogens (tertiary/aromatic N) is 1. The normalized spacial score (nSPS) is 11.5. The Morgan fingerprint density at radius 3 is 2.34 bits per heavy atom. The number of hydrogen-bond acceptors (Lipinski definition) is 4. The number of ether oxygens (including phenoxy) is 1. The Kier molecular flexibility index (Phi) is 10.5. The van der Waals surface area contributed by atoms with Crippen LogP contribution in [0.2, 0.25) is 5.02 Å². The second-order valence-electron chi connectivity index (χ2n) is 8.09. The molecule has 2 amide bonds. The summed E-state index contributed by atoms with van der Waals surface area (Å²) >= 11 is 7.74. The minimum atomic E-state index is -0.634. The van der Waals surface area contributed by atoms with Crippen LogP contribution in [0.1, 0.15) is 23.6 Å². The Labute approximate surface area is 216 Å². The third-order valence-electron chi connectivity index (χ3n) is 5.52. The van der Waals surface area contributed by atoms with Crippen molar-refractivity contribution in [2.45, 2.75) is 31.7 Å². The number of carbonyl (C=O) groups excluding carboxylic acids is 2. The highest BCUT2D eigenvalue weighted by molar-refractivity contribution is 7.99. The fourth-order valence-corrected chi connectivity index (χ4v) is 4.82. The first-order chi connectivity index (χ1) is 17.0. The molecule has 0 aliphatic rings. The van der Waals surface area contributed by atoms with Crippen LogP contribution in [0.4, 0.5) is 0 Å². The molecule has 0 aliphatic heterocycles. The van der Waals surface area contributed by atoms with Gasteiger partial charge in [-0.15, -0.1) is 11.8 Å². The fraction of sp³-hybridized carbons (Fsp3) is 0.286. The molecular formula is C28H31ClN2O3S. The number of halogens is 1. The van der Waals surface area contributed by atoms with Crippen LogP contribution in [0, 0.1) is 0 Å². The highest BCUT2D eigenvalue weighted by atomic mass is 35.5. The van der Waals surface area contributed by atoms with Crippen molar-refractivity contribution in [3.8, 4) is 5.75 Å². The van der Waals surface area contributed by atoms with Crippen LogP contribution in [0.5, 0.6) is 5.75 Å². The first kappa shape index (κ1) is 26.6. The number of carbonyl (C=O) groups is 2. The Bertz CT molecular complexity index is 1090. The molecular weight excluding hydrogens is 480 g/mol. The van der Waals surface area contributed by atoms with Crippen LogP contribution in [0.15, 0.2) is 78.9 Å². The molecule has 184 valence electrons. The maximum absolute atomic E-state index is 13.5. The number of rotatable bonds is 12. The van der Waals surface area contributed by atoms with Gasteiger partial charge >= 0.3 is 0 Å². The van der Waals surface area contributed by atoms with Crippen molar-refractivity contribution < 1.29 is 14.3 Å². The van der Waals surface area contributed by atoms with E-state index in [0.29, 0.717) is 30.3 Å². The number of benzene rings is 3. The van der Waals surface area contributed by atoms with E-state index < -0.39 is 6.04 Å². The van der Waals surface area contributed by atoms with E-state index in [0.717, 1.165) is 22.4 Å². The van der Waals surface area contributed by atoms with Crippen LogP contribution in [0.3, 0.4) is 0 Å². The lowest BCUT2D eigenvalue weighted by atomic mass is 10.0. The third kappa shape index (κ3) is 8.34. The lowest BCUT2D eigenvalue weighted by Gasteiger charge is -2.31. The lowest BCUT2D eigenvalue weighted by molar-refractivity contribution is -0.139. The molecule has 3 rings (SSSR count). The summed E-state index contributed by atoms with van der Waals surface area (Å²) in [4.78, 5) is 28.4. The number of hydrogen-bond donors (Lipinski definition) is 1. The van der Waals surface area contributed by atoms with Crippen LogP contribution < -0.4 is 10.1 Å². The predicted molar refractivity (Wildman–Crippen MR) is 144 cm³/mol. The van der Waals surface area contributed by atoms with Gasteiger partial charge in [0.25, 0.3) is 0 Å². The molecule has 0 spiro atoms. The molecule has 35 heavy (non-hydrogen) atoms. The summed E-state index contributed by atoms with van der Waals surface area (Å²) in [5.41, 5.74) is 2.99. The topological polar surface area (TPSA) is 58.6 Å². The summed E-state index contributed by atoms with van der Waals surface area (Å²) in [7, 11) is 1.64. The highest BCUT2D eigenvalue weighted by Crippen LogP contribution is 2.21. The van der Waals surface area contributed by atoms with Crippen molar-refractivity contribution >= 4 is 35.2 Å². The number of amides is 2. The van der Waals surface area contributed by atoms with E-state index in [9.17, 15) is 9.59 Å². The molecule has 1 atom stereocenters. The summed E-state index contributed by atoms with van der Waals surface area (Å²) in [6.45, 7) is 2.68. The van der Waals surface area contributed by atoms with Gasteiger partial charge < -0.3 is 15.0 Å². The molecule has 0 aromatic heterocycles. The Hall–Kier alpha value is -2.96. The van der Waals surface area contributed by atoms with Gasteiger partial charge in [0, 0.05) is 30.3 Å². The monoisotopic (exact) mass is 510 g/mol. The third-order valence-corrected chi connectivity index (χ3v) is 6.74. The van der Waals surface area contributed by atoms with E-state index >= 15 is 0 Å². The minimum absolute atomic E-state index is 0.0873. The SMILES string of the molecule is CCNC(=O)[C@H](Cc1ccccc1)N(Cc1cccc(Cl)c1)C(=O)CSCc1ccc(OC)cc1. The largest absolute Gasteiger partial charge is 0.497 e. The van der Waals surface area contributed by atoms with Crippen molar-refractivity contribution in [2.75, 3.05) is 19.4 Å². The molecule has 5 nitrogen and oxygen atoms in total. The van der Waals surface area contributed by atoms with Gasteiger partial charge in [-0.1, -0.05) is 66.2 Å². The molecule has 0 bridgehead atoms. The zero-order valence-corrected chi connectivity index (χ0v) is 21.6. The average Bonchev–Trinajstić information content (AvgIpc) is 2.87. The second-order valence-corrected chi connectivity index (χ2v) is 9.51. The first-order valence-electron chi connectivity index (χ1n) is 11.6. The van der Waals surface area contributed by atoms with E-state index in [1.165, 1.54) is 11.8 Å². The Morgan fingerprint density at radius 1 is 0.971 bits per heavy atom. The second kappa shape index (κ2) is 13.8. The van der Waals surface area contributed by atoms with E-state index in [1.54, 1.807) is 18.1 Å². The van der Waals surface area contributed by atoms with E-state index in [4.69, 9.17) is 16.3 Å². The van der Waals surface area contributed by atoms with Crippen molar-refractivity contribution in [3.63, 3.8) is 0 Å². The molecule has 0 heterocycles. The Morgan fingerprint density at radius 2 is 1.69 bits per heavy atom. The molecule has 0 unspecified atom stereocenters. The maximum Gasteiger partial charge on any atom is 0.243 e. The van der Waals surface area contributed by atoms with Gasteiger partial charge in [-0.05, 0) is 47.9 Å². The van der Waals surface area contributed by atoms with Crippen LogP contribution in [0.25, 0.3) is 0 Å². The summed E-state index contributed by atoms with van der Waals surface area (Å²) in [6.07, 6.45) is 0.433. The van der Waals surface area contributed by atoms with E-state index in [2.05, 4.69) is 5.32 Å². The quantitative estimate of drug-likeness (QED) is 0.356. The van der Waals surface area contributed by atoms with Crippen molar-refractivity contribution in [1.82, 2.24) is 10.2 Å². The van der Waals surface area contributed by atoms with Crippen LogP contribution >= 0.6 is 23.4 Å². The summed E-state index contributed by atoms with van der Waals surface area (Å²) < 4.78 is 5.21. The Balaban J connectivity index is 1.80. The maximum atomic E-state index is 13.5. The lowest BCUT2D eigenvalue weighted by Crippen LogP contribution is -2.51. The van der Waals surface area contributed by atoms with Gasteiger partial charge in [-0.2, -0.15) is 0 Å². The standard InChI is InChI=1S/C28H31ClN2O3S/c1-3-30-28(33)26(17-21-8-5-4-6-9-21)31(18-23-10-7-11-24(29)16-23)27(32)20-35-19-22-12-14-25(34-2)15-13-22/h4-16,26H,3,17-20H2,1-2H3,(H,30,33)/t26-/m0/s1. The van der Waals surface area contributed by atoms with Crippen molar-refractivity contribution in [1.29, 1.82) is 0 Å². The average molecular weight is 511 g/mol. The highest BCUT2D eigenvalue weighted by Gasteiger charge is 2.30. The summed E-state index contributed by atoms with van der Waals surface area (Å²) in [5, 5.41) is 3.51. The number of methoxy groups -OCH3 is 1. The van der Waals surface area contributed by atoms with Gasteiger partial charge in [0.1, 0.15) is 11.8 Å². The zero-order chi connectivity index (χ0) is 25.0. The predicted octanol–water partition coefficient (Wildman–Crippen LogP) is 5.36. The minimum Gasteiger partial charge on any atom is -0.497 e. The van der Waals surface area contributed by atoms with E-state index in [1.807, 2.05) is 79.7 Å². The van der Waals surface area contributed by atoms with Crippen molar-refractivity contribution in [3.05, 3.63) is 101 Å². The number of likely N-dealkylation sites (N-methyl/N-ethyl adjacent to an activating group) is 1. The van der Waals surface area contributed by atoms with Gasteiger partial charge in [-0.25, -0.2) is 0 Å². The smallest absolute Gasteiger partial charge is 0.243 e. The molecule has 7 heteroatoms. The first-order valence-corrected chi connectivity index (χ1v) is 13.1. The molecule has 0 saturated carbocycles. The molecule has 0 fully saturated rings. The van der Waals surface area contributed by atoms with Crippen LogP contribution in [-0.2, 0) is 28.3 Å². The van der Waals surface area contributed by atoms with Gasteiger partial charge in [-0.3, -0.25) is 9.59 Å². The molecule has 3 aromatic rings. The molecule has 0 aliphatic carbocycles. The van der Waals surface area contributed by atoms with E-state index in [-0.39, 0.29) is 17.6 Å². The zero-order valence-electron chi connectivity index (χ0n) is 20.1. The number of nitrogens with one attached hydrogen (secondary N) is 1. The van der Waals surface area contributed by atoms with Crippen molar-refractivity contribution in [2.24, 2.45) is 0 Å². The van der Waals surface area contributed by atoms with Crippen LogP contribution in [-0.4, -0.2) is 42.2 Å².